The molecule has 0 heterocycles. The summed E-state index contributed by atoms with van der Waals surface area (Å²) in [6.07, 6.45) is 4.35. The Balaban J connectivity index is 2.20. The van der Waals surface area contributed by atoms with E-state index in [-0.39, 0.29) is 30.9 Å². The Kier molecular flexibility index (Phi) is 7.37. The molecule has 0 aromatic heterocycles. The molecule has 0 radical (unpaired) electrons. The second-order valence-electron chi connectivity index (χ2n) is 7.91. The van der Waals surface area contributed by atoms with Gasteiger partial charge < -0.3 is 9.47 Å². The Morgan fingerprint density at radius 3 is 2.05 bits per heavy atom. The number of rotatable bonds is 6. The zero-order chi connectivity index (χ0) is 16.8. The first kappa shape index (κ1) is 19.0. The van der Waals surface area contributed by atoms with E-state index < -0.39 is 0 Å². The summed E-state index contributed by atoms with van der Waals surface area (Å²) >= 11 is 0. The van der Waals surface area contributed by atoms with Crippen LogP contribution in [0.25, 0.3) is 0 Å². The van der Waals surface area contributed by atoms with Crippen LogP contribution < -0.4 is 0 Å². The molecule has 128 valence electrons. The van der Waals surface area contributed by atoms with Crippen LogP contribution in [-0.4, -0.2) is 24.6 Å². The highest BCUT2D eigenvalue weighted by Gasteiger charge is 2.31. The summed E-state index contributed by atoms with van der Waals surface area (Å²) in [4.78, 5) is 23.3. The molecule has 22 heavy (non-hydrogen) atoms. The van der Waals surface area contributed by atoms with Gasteiger partial charge in [0.15, 0.2) is 0 Å². The monoisotopic (exact) mass is 312 g/mol. The lowest BCUT2D eigenvalue weighted by Gasteiger charge is -2.36. The third-order valence-corrected chi connectivity index (χ3v) is 4.31. The third-order valence-electron chi connectivity index (χ3n) is 4.31. The molecule has 0 bridgehead atoms. The van der Waals surface area contributed by atoms with E-state index in [2.05, 4.69) is 20.8 Å². The van der Waals surface area contributed by atoms with Gasteiger partial charge in [0.2, 0.25) is 0 Å². The van der Waals surface area contributed by atoms with Crippen molar-refractivity contribution < 1.29 is 19.1 Å². The lowest BCUT2D eigenvalue weighted by molar-refractivity contribution is -0.155. The Morgan fingerprint density at radius 2 is 1.55 bits per heavy atom. The molecule has 0 amide bonds. The molecule has 4 nitrogen and oxygen atoms in total. The van der Waals surface area contributed by atoms with Crippen molar-refractivity contribution in [3.8, 4) is 0 Å². The number of hydrogen-bond donors (Lipinski definition) is 0. The average molecular weight is 312 g/mol. The molecule has 4 heteroatoms. The van der Waals surface area contributed by atoms with Gasteiger partial charge in [0.25, 0.3) is 0 Å². The van der Waals surface area contributed by atoms with Gasteiger partial charge in [0.05, 0.1) is 19.4 Å². The van der Waals surface area contributed by atoms with Gasteiger partial charge in [-0.15, -0.1) is 0 Å². The standard InChI is InChI=1S/C18H32O4/c1-13(2)12-21-16(19)10-11-17(20)22-15-8-6-14(7-9-15)18(3,4)5/h13-15H,6-12H2,1-5H3. The molecular formula is C18H32O4. The first-order valence-corrected chi connectivity index (χ1v) is 8.53. The molecule has 0 unspecified atom stereocenters. The second-order valence-corrected chi connectivity index (χ2v) is 7.91. The summed E-state index contributed by atoms with van der Waals surface area (Å²) in [5.74, 6) is 0.421. The predicted octanol–water partition coefficient (Wildman–Crippen LogP) is 4.11. The van der Waals surface area contributed by atoms with Gasteiger partial charge >= 0.3 is 11.9 Å². The van der Waals surface area contributed by atoms with Crippen LogP contribution in [0.2, 0.25) is 0 Å². The lowest BCUT2D eigenvalue weighted by atomic mass is 9.72. The Labute approximate surface area is 134 Å². The molecule has 0 aliphatic heterocycles. The fourth-order valence-corrected chi connectivity index (χ4v) is 2.83. The Bertz CT molecular complexity index is 360. The first-order valence-electron chi connectivity index (χ1n) is 8.53. The molecule has 0 atom stereocenters. The maximum atomic E-state index is 11.8. The van der Waals surface area contributed by atoms with Gasteiger partial charge in [0.1, 0.15) is 6.10 Å². The van der Waals surface area contributed by atoms with Crippen LogP contribution >= 0.6 is 0 Å². The number of carbonyl (C=O) groups is 2. The fourth-order valence-electron chi connectivity index (χ4n) is 2.83. The summed E-state index contributed by atoms with van der Waals surface area (Å²) in [5, 5.41) is 0. The van der Waals surface area contributed by atoms with Crippen molar-refractivity contribution >= 4 is 11.9 Å². The zero-order valence-corrected chi connectivity index (χ0v) is 14.8. The lowest BCUT2D eigenvalue weighted by Crippen LogP contribution is -2.30. The van der Waals surface area contributed by atoms with E-state index >= 15 is 0 Å². The molecule has 0 saturated heterocycles. The Morgan fingerprint density at radius 1 is 1.00 bits per heavy atom. The van der Waals surface area contributed by atoms with Crippen LogP contribution in [-0.2, 0) is 19.1 Å². The minimum absolute atomic E-state index is 0.0257. The van der Waals surface area contributed by atoms with E-state index in [0.29, 0.717) is 23.9 Å². The van der Waals surface area contributed by atoms with Crippen LogP contribution in [0.4, 0.5) is 0 Å². The molecule has 1 fully saturated rings. The molecule has 0 aromatic rings. The van der Waals surface area contributed by atoms with Crippen molar-refractivity contribution in [1.82, 2.24) is 0 Å². The van der Waals surface area contributed by atoms with Gasteiger partial charge in [-0.1, -0.05) is 34.6 Å². The SMILES string of the molecule is CC(C)COC(=O)CCC(=O)OC1CCC(C(C)(C)C)CC1. The van der Waals surface area contributed by atoms with E-state index in [1.165, 1.54) is 0 Å². The molecule has 1 saturated carbocycles. The summed E-state index contributed by atoms with van der Waals surface area (Å²) in [6, 6.07) is 0. The maximum absolute atomic E-state index is 11.8. The van der Waals surface area contributed by atoms with Crippen LogP contribution in [0.1, 0.15) is 73.1 Å². The number of esters is 2. The quantitative estimate of drug-likeness (QED) is 0.692. The molecule has 1 aliphatic rings. The summed E-state index contributed by atoms with van der Waals surface area (Å²) in [5.41, 5.74) is 0.329. The van der Waals surface area contributed by atoms with Crippen LogP contribution in [0.5, 0.6) is 0 Å². The van der Waals surface area contributed by atoms with E-state index in [0.717, 1.165) is 25.7 Å². The smallest absolute Gasteiger partial charge is 0.306 e. The van der Waals surface area contributed by atoms with Crippen molar-refractivity contribution in [3.63, 3.8) is 0 Å². The Hall–Kier alpha value is -1.06. The predicted molar refractivity (Wildman–Crippen MR) is 86.3 cm³/mol. The minimum Gasteiger partial charge on any atom is -0.465 e. The highest BCUT2D eigenvalue weighted by molar-refractivity contribution is 5.77. The maximum Gasteiger partial charge on any atom is 0.306 e. The van der Waals surface area contributed by atoms with Crippen LogP contribution in [0.3, 0.4) is 0 Å². The van der Waals surface area contributed by atoms with Crippen molar-refractivity contribution in [2.24, 2.45) is 17.3 Å². The average Bonchev–Trinajstić information content (AvgIpc) is 2.42. The molecule has 1 aliphatic carbocycles. The topological polar surface area (TPSA) is 52.6 Å². The van der Waals surface area contributed by atoms with Gasteiger partial charge in [-0.25, -0.2) is 0 Å². The third kappa shape index (κ3) is 7.28. The molecule has 0 N–H and O–H groups in total. The van der Waals surface area contributed by atoms with E-state index in [1.807, 2.05) is 13.8 Å². The highest BCUT2D eigenvalue weighted by Crippen LogP contribution is 2.38. The summed E-state index contributed by atoms with van der Waals surface area (Å²) in [6.45, 7) is 11.2. The van der Waals surface area contributed by atoms with E-state index in [9.17, 15) is 9.59 Å². The van der Waals surface area contributed by atoms with Gasteiger partial charge in [-0.05, 0) is 42.9 Å². The van der Waals surface area contributed by atoms with E-state index in [4.69, 9.17) is 9.47 Å². The molecular weight excluding hydrogens is 280 g/mol. The van der Waals surface area contributed by atoms with Gasteiger partial charge in [0, 0.05) is 0 Å². The number of carbonyl (C=O) groups excluding carboxylic acids is 2. The van der Waals surface area contributed by atoms with Crippen molar-refractivity contribution in [2.75, 3.05) is 6.61 Å². The van der Waals surface area contributed by atoms with Gasteiger partial charge in [-0.2, -0.15) is 0 Å². The normalized spacial score (nSPS) is 22.5. The molecule has 0 aromatic carbocycles. The highest BCUT2D eigenvalue weighted by atomic mass is 16.5. The molecule has 1 rings (SSSR count). The van der Waals surface area contributed by atoms with Crippen LogP contribution in [0, 0.1) is 17.3 Å². The minimum atomic E-state index is -0.318. The van der Waals surface area contributed by atoms with Gasteiger partial charge in [-0.3, -0.25) is 9.59 Å². The largest absolute Gasteiger partial charge is 0.465 e. The number of ether oxygens (including phenoxy) is 2. The van der Waals surface area contributed by atoms with Crippen molar-refractivity contribution in [3.05, 3.63) is 0 Å². The second kappa shape index (κ2) is 8.54. The van der Waals surface area contributed by atoms with Crippen molar-refractivity contribution in [1.29, 1.82) is 0 Å². The summed E-state index contributed by atoms with van der Waals surface area (Å²) in [7, 11) is 0. The summed E-state index contributed by atoms with van der Waals surface area (Å²) < 4.78 is 10.5. The van der Waals surface area contributed by atoms with Crippen molar-refractivity contribution in [2.45, 2.75) is 79.2 Å². The zero-order valence-electron chi connectivity index (χ0n) is 14.8. The van der Waals surface area contributed by atoms with E-state index in [1.54, 1.807) is 0 Å². The first-order chi connectivity index (χ1) is 10.2. The van der Waals surface area contributed by atoms with Crippen LogP contribution in [0.15, 0.2) is 0 Å². The molecule has 0 spiro atoms. The number of hydrogen-bond acceptors (Lipinski definition) is 4. The fraction of sp³-hybridized carbons (Fsp3) is 0.889.